The van der Waals surface area contributed by atoms with Crippen molar-refractivity contribution in [3.8, 4) is 0 Å². The molecule has 30 heavy (non-hydrogen) atoms. The molecule has 0 rings (SSSR count). The van der Waals surface area contributed by atoms with Gasteiger partial charge < -0.3 is 14.5 Å². The summed E-state index contributed by atoms with van der Waals surface area (Å²) in [7, 11) is -4.52. The van der Waals surface area contributed by atoms with Crippen molar-refractivity contribution < 1.29 is 46.5 Å². The SMILES string of the molecule is O=C([O-])CCCCCCCCCCCCCCCCCCCCCOS(=O)(=O)[O-].[Zn+2]. The van der Waals surface area contributed by atoms with Crippen LogP contribution in [0.15, 0.2) is 0 Å². The van der Waals surface area contributed by atoms with E-state index in [0.717, 1.165) is 32.1 Å². The molecule has 0 aromatic carbocycles. The summed E-state index contributed by atoms with van der Waals surface area (Å²) in [5.74, 6) is -0.928. The second kappa shape index (κ2) is 23.6. The average Bonchev–Trinajstić information content (AvgIpc) is 2.64. The number of carbonyl (C=O) groups is 1. The Kier molecular flexibility index (Phi) is 25.3. The Morgan fingerprint density at radius 1 is 0.567 bits per heavy atom. The minimum atomic E-state index is -4.52. The van der Waals surface area contributed by atoms with Gasteiger partial charge in [0.25, 0.3) is 0 Å². The maximum Gasteiger partial charge on any atom is 2.00 e. The van der Waals surface area contributed by atoms with Crippen molar-refractivity contribution >= 4 is 16.4 Å². The molecule has 0 aromatic rings. The normalized spacial score (nSPS) is 11.4. The second-order valence-corrected chi connectivity index (χ2v) is 9.12. The molecule has 0 aromatic heterocycles. The standard InChI is InChI=1S/C22H44O6S.Zn/c23-22(24)20-18-16-14-12-10-8-6-4-2-1-3-5-7-9-11-13-15-17-19-21-28-29(25,26)27;/h1-21H2,(H,23,24)(H,25,26,27);/q;+2/p-2. The Morgan fingerprint density at radius 2 is 0.833 bits per heavy atom. The van der Waals surface area contributed by atoms with E-state index in [1.165, 1.54) is 83.5 Å². The maximum absolute atomic E-state index is 10.3. The van der Waals surface area contributed by atoms with E-state index in [9.17, 15) is 22.9 Å². The topological polar surface area (TPSA) is 107 Å². The molecule has 0 saturated heterocycles. The van der Waals surface area contributed by atoms with Crippen LogP contribution in [0, 0.1) is 0 Å². The molecule has 0 N–H and O–H groups in total. The fraction of sp³-hybridized carbons (Fsp3) is 0.955. The number of hydrogen-bond acceptors (Lipinski definition) is 6. The van der Waals surface area contributed by atoms with Gasteiger partial charge in [0.1, 0.15) is 0 Å². The number of hydrogen-bond donors (Lipinski definition) is 0. The van der Waals surface area contributed by atoms with Crippen LogP contribution in [0.5, 0.6) is 0 Å². The van der Waals surface area contributed by atoms with Gasteiger partial charge in [-0.1, -0.05) is 109 Å². The molecule has 0 unspecified atom stereocenters. The van der Waals surface area contributed by atoms with E-state index in [1.54, 1.807) is 0 Å². The van der Waals surface area contributed by atoms with Gasteiger partial charge in [-0.15, -0.1) is 0 Å². The first-order valence-corrected chi connectivity index (χ1v) is 13.1. The minimum absolute atomic E-state index is 0. The molecule has 0 bridgehead atoms. The summed E-state index contributed by atoms with van der Waals surface area (Å²) in [6, 6.07) is 0. The predicted octanol–water partition coefficient (Wildman–Crippen LogP) is 5.01. The van der Waals surface area contributed by atoms with Gasteiger partial charge in [0.05, 0.1) is 6.61 Å². The van der Waals surface area contributed by atoms with E-state index < -0.39 is 16.4 Å². The average molecular weight is 500 g/mol. The molecule has 0 aliphatic rings. The Hall–Kier alpha value is -0.0366. The molecule has 6 nitrogen and oxygen atoms in total. The summed E-state index contributed by atoms with van der Waals surface area (Å²) in [6.45, 7) is 0.0124. The summed E-state index contributed by atoms with van der Waals surface area (Å²) in [6.07, 6.45) is 22.5. The molecule has 174 valence electrons. The molecular weight excluding hydrogens is 458 g/mol. The monoisotopic (exact) mass is 498 g/mol. The number of rotatable bonds is 23. The Labute approximate surface area is 197 Å². The number of carbonyl (C=O) groups excluding carboxylic acids is 1. The van der Waals surface area contributed by atoms with Crippen molar-refractivity contribution in [2.45, 2.75) is 128 Å². The molecule has 0 atom stereocenters. The van der Waals surface area contributed by atoms with Crippen LogP contribution in [0.1, 0.15) is 128 Å². The van der Waals surface area contributed by atoms with Gasteiger partial charge in [-0.25, -0.2) is 8.42 Å². The van der Waals surface area contributed by atoms with E-state index in [4.69, 9.17) is 0 Å². The Morgan fingerprint density at radius 3 is 1.10 bits per heavy atom. The largest absolute Gasteiger partial charge is 2.00 e. The molecule has 8 heteroatoms. The van der Waals surface area contributed by atoms with Crippen LogP contribution in [-0.4, -0.2) is 25.5 Å². The third kappa shape index (κ3) is 30.2. The number of carboxylic acid groups (broad SMARTS) is 1. The molecular formula is C22H42O6SZn. The summed E-state index contributed by atoms with van der Waals surface area (Å²) < 4.78 is 34.9. The zero-order valence-electron chi connectivity index (χ0n) is 18.9. The summed E-state index contributed by atoms with van der Waals surface area (Å²) in [5, 5.41) is 10.3. The zero-order valence-corrected chi connectivity index (χ0v) is 22.7. The molecule has 0 aliphatic carbocycles. The Bertz CT molecular complexity index is 470. The van der Waals surface area contributed by atoms with Crippen molar-refractivity contribution in [3.63, 3.8) is 0 Å². The van der Waals surface area contributed by atoms with E-state index in [2.05, 4.69) is 4.18 Å². The van der Waals surface area contributed by atoms with Crippen molar-refractivity contribution in [3.05, 3.63) is 0 Å². The van der Waals surface area contributed by atoms with Gasteiger partial charge in [-0.2, -0.15) is 0 Å². The quantitative estimate of drug-likeness (QED) is 0.0846. The number of carboxylic acids is 1. The van der Waals surface area contributed by atoms with Gasteiger partial charge >= 0.3 is 19.5 Å². The first kappa shape index (κ1) is 32.1. The van der Waals surface area contributed by atoms with Crippen LogP contribution in [0.25, 0.3) is 0 Å². The van der Waals surface area contributed by atoms with Gasteiger partial charge in [0, 0.05) is 5.97 Å². The molecule has 0 aliphatic heterocycles. The third-order valence-corrected chi connectivity index (χ3v) is 5.71. The molecule has 0 radical (unpaired) electrons. The van der Waals surface area contributed by atoms with Crippen LogP contribution in [0.2, 0.25) is 0 Å². The second-order valence-electron chi connectivity index (χ2n) is 8.07. The van der Waals surface area contributed by atoms with Gasteiger partial charge in [-0.3, -0.25) is 4.18 Å². The minimum Gasteiger partial charge on any atom is -0.726 e. The molecule has 0 saturated carbocycles. The Balaban J connectivity index is 0. The first-order chi connectivity index (χ1) is 13.9. The van der Waals surface area contributed by atoms with E-state index in [0.29, 0.717) is 6.42 Å². The summed E-state index contributed by atoms with van der Waals surface area (Å²) in [5.41, 5.74) is 0. The summed E-state index contributed by atoms with van der Waals surface area (Å²) >= 11 is 0. The van der Waals surface area contributed by atoms with Crippen LogP contribution in [0.4, 0.5) is 0 Å². The van der Waals surface area contributed by atoms with Gasteiger partial charge in [-0.05, 0) is 19.3 Å². The van der Waals surface area contributed by atoms with Crippen molar-refractivity contribution in [2.75, 3.05) is 6.61 Å². The van der Waals surface area contributed by atoms with Gasteiger partial charge in [0.15, 0.2) is 0 Å². The van der Waals surface area contributed by atoms with Crippen molar-refractivity contribution in [2.24, 2.45) is 0 Å². The van der Waals surface area contributed by atoms with E-state index in [1.807, 2.05) is 0 Å². The van der Waals surface area contributed by atoms with Crippen LogP contribution in [-0.2, 0) is 38.9 Å². The van der Waals surface area contributed by atoms with Crippen LogP contribution in [0.3, 0.4) is 0 Å². The smallest absolute Gasteiger partial charge is 0.726 e. The fourth-order valence-electron chi connectivity index (χ4n) is 3.54. The van der Waals surface area contributed by atoms with Crippen molar-refractivity contribution in [1.82, 2.24) is 0 Å². The molecule has 0 amide bonds. The fourth-order valence-corrected chi connectivity index (χ4v) is 3.86. The zero-order chi connectivity index (χ0) is 21.6. The number of aliphatic carboxylic acids is 1. The maximum atomic E-state index is 10.3. The van der Waals surface area contributed by atoms with Crippen molar-refractivity contribution in [1.29, 1.82) is 0 Å². The molecule has 0 fully saturated rings. The first-order valence-electron chi connectivity index (χ1n) is 11.7. The number of unbranched alkanes of at least 4 members (excludes halogenated alkanes) is 18. The molecule has 0 spiro atoms. The van der Waals surface area contributed by atoms with Gasteiger partial charge in [0.2, 0.25) is 10.4 Å². The van der Waals surface area contributed by atoms with Crippen LogP contribution < -0.4 is 5.11 Å². The van der Waals surface area contributed by atoms with E-state index >= 15 is 0 Å². The van der Waals surface area contributed by atoms with Crippen LogP contribution >= 0.6 is 0 Å². The third-order valence-electron chi connectivity index (χ3n) is 5.25. The predicted molar refractivity (Wildman–Crippen MR) is 113 cm³/mol. The van der Waals surface area contributed by atoms with E-state index in [-0.39, 0.29) is 32.5 Å². The molecule has 0 heterocycles. The summed E-state index contributed by atoms with van der Waals surface area (Å²) in [4.78, 5) is 10.3.